The SMILES string of the molecule is COc1ccc(-c2c(C(F)(F)F)oc3c(CN4C[C@@H](C)O[C@H](C)C4)c(O)ccc3c2=O)cc1OC. The predicted octanol–water partition coefficient (Wildman–Crippen LogP) is 4.81. The molecule has 0 spiro atoms. The average molecular weight is 493 g/mol. The summed E-state index contributed by atoms with van der Waals surface area (Å²) in [4.78, 5) is 15.4. The van der Waals surface area contributed by atoms with Crippen molar-refractivity contribution >= 4 is 11.0 Å². The lowest BCUT2D eigenvalue weighted by Crippen LogP contribution is -2.44. The first-order chi connectivity index (χ1) is 16.5. The Balaban J connectivity index is 1.93. The number of methoxy groups -OCH3 is 2. The smallest absolute Gasteiger partial charge is 0.450 e. The number of aromatic hydroxyl groups is 1. The standard InChI is InChI=1S/C25H26F3NO6/c1-13-10-29(11-14(2)34-13)12-17-18(30)7-6-16-22(31)21(24(25(26,27)28)35-23(16)17)15-5-8-19(32-3)20(9-15)33-4/h5-9,13-14,30H,10-12H2,1-4H3/t13-,14-/m1/s1. The van der Waals surface area contributed by atoms with Gasteiger partial charge in [0.25, 0.3) is 0 Å². The van der Waals surface area contributed by atoms with E-state index in [1.807, 2.05) is 18.7 Å². The quantitative estimate of drug-likeness (QED) is 0.546. The van der Waals surface area contributed by atoms with Gasteiger partial charge >= 0.3 is 6.18 Å². The van der Waals surface area contributed by atoms with Gasteiger partial charge in [-0.2, -0.15) is 13.2 Å². The number of hydrogen-bond donors (Lipinski definition) is 1. The molecule has 1 aliphatic rings. The third-order valence-electron chi connectivity index (χ3n) is 5.95. The number of phenolic OH excluding ortho intramolecular Hbond substituents is 1. The lowest BCUT2D eigenvalue weighted by Gasteiger charge is -2.35. The van der Waals surface area contributed by atoms with Crippen molar-refractivity contribution in [3.05, 3.63) is 51.9 Å². The number of halogens is 3. The van der Waals surface area contributed by atoms with Crippen LogP contribution in [0, 0.1) is 0 Å². The van der Waals surface area contributed by atoms with Gasteiger partial charge in [0.15, 0.2) is 11.5 Å². The minimum Gasteiger partial charge on any atom is -0.507 e. The molecule has 188 valence electrons. The van der Waals surface area contributed by atoms with Crippen molar-refractivity contribution in [1.82, 2.24) is 4.90 Å². The summed E-state index contributed by atoms with van der Waals surface area (Å²) < 4.78 is 64.0. The number of nitrogens with zero attached hydrogens (tertiary/aromatic N) is 1. The maximum absolute atomic E-state index is 14.2. The molecule has 0 unspecified atom stereocenters. The Morgan fingerprint density at radius 2 is 1.71 bits per heavy atom. The Morgan fingerprint density at radius 1 is 1.06 bits per heavy atom. The van der Waals surface area contributed by atoms with Crippen LogP contribution < -0.4 is 14.9 Å². The van der Waals surface area contributed by atoms with E-state index >= 15 is 0 Å². The van der Waals surface area contributed by atoms with E-state index in [1.54, 1.807) is 0 Å². The molecule has 0 bridgehead atoms. The molecule has 1 aliphatic heterocycles. The third-order valence-corrected chi connectivity index (χ3v) is 5.95. The van der Waals surface area contributed by atoms with Crippen LogP contribution in [0.15, 0.2) is 39.5 Å². The maximum atomic E-state index is 14.2. The zero-order valence-electron chi connectivity index (χ0n) is 19.7. The third kappa shape index (κ3) is 4.81. The van der Waals surface area contributed by atoms with Gasteiger partial charge in [0.1, 0.15) is 11.3 Å². The van der Waals surface area contributed by atoms with E-state index in [0.29, 0.717) is 18.8 Å². The van der Waals surface area contributed by atoms with E-state index < -0.39 is 22.9 Å². The number of phenols is 1. The Hall–Kier alpha value is -3.24. The topological polar surface area (TPSA) is 81.4 Å². The number of hydrogen-bond acceptors (Lipinski definition) is 7. The van der Waals surface area contributed by atoms with Gasteiger partial charge in [-0.15, -0.1) is 0 Å². The minimum atomic E-state index is -4.97. The maximum Gasteiger partial charge on any atom is 0.450 e. The lowest BCUT2D eigenvalue weighted by molar-refractivity contribution is -0.152. The summed E-state index contributed by atoms with van der Waals surface area (Å²) in [6, 6.07) is 6.62. The number of rotatable bonds is 5. The molecular weight excluding hydrogens is 467 g/mol. The normalized spacial score (nSPS) is 19.2. The minimum absolute atomic E-state index is 0.0314. The van der Waals surface area contributed by atoms with E-state index in [0.717, 1.165) is 0 Å². The Bertz CT molecular complexity index is 1290. The van der Waals surface area contributed by atoms with E-state index in [2.05, 4.69) is 0 Å². The van der Waals surface area contributed by atoms with Crippen molar-refractivity contribution in [1.29, 1.82) is 0 Å². The van der Waals surface area contributed by atoms with Gasteiger partial charge in [-0.3, -0.25) is 9.69 Å². The van der Waals surface area contributed by atoms with Crippen LogP contribution in [0.25, 0.3) is 22.1 Å². The summed E-state index contributed by atoms with van der Waals surface area (Å²) in [5.74, 6) is -1.23. The molecule has 10 heteroatoms. The van der Waals surface area contributed by atoms with Crippen molar-refractivity contribution in [2.75, 3.05) is 27.3 Å². The van der Waals surface area contributed by atoms with Gasteiger partial charge in [0.2, 0.25) is 11.2 Å². The molecule has 3 aromatic rings. The molecule has 1 aromatic heterocycles. The van der Waals surface area contributed by atoms with Crippen molar-refractivity contribution in [3.8, 4) is 28.4 Å². The zero-order valence-corrected chi connectivity index (χ0v) is 19.7. The molecule has 0 amide bonds. The fourth-order valence-corrected chi connectivity index (χ4v) is 4.55. The Kier molecular flexibility index (Phi) is 6.70. The first-order valence-electron chi connectivity index (χ1n) is 11.0. The van der Waals surface area contributed by atoms with E-state index in [-0.39, 0.29) is 52.3 Å². The molecule has 2 aromatic carbocycles. The monoisotopic (exact) mass is 493 g/mol. The lowest BCUT2D eigenvalue weighted by atomic mass is 9.99. The molecule has 1 fully saturated rings. The summed E-state index contributed by atoms with van der Waals surface area (Å²) in [6.45, 7) is 4.91. The van der Waals surface area contributed by atoms with Gasteiger partial charge in [-0.1, -0.05) is 6.07 Å². The fourth-order valence-electron chi connectivity index (χ4n) is 4.55. The van der Waals surface area contributed by atoms with Crippen LogP contribution in [-0.2, 0) is 17.5 Å². The van der Waals surface area contributed by atoms with Gasteiger partial charge in [0.05, 0.1) is 42.9 Å². The van der Waals surface area contributed by atoms with Crippen molar-refractivity contribution < 1.29 is 36.9 Å². The summed E-state index contributed by atoms with van der Waals surface area (Å²) in [5, 5.41) is 10.5. The van der Waals surface area contributed by atoms with Crippen LogP contribution in [0.4, 0.5) is 13.2 Å². The molecule has 0 saturated carbocycles. The second-order valence-corrected chi connectivity index (χ2v) is 8.59. The highest BCUT2D eigenvalue weighted by molar-refractivity contribution is 5.87. The molecule has 2 heterocycles. The molecular formula is C25H26F3NO6. The van der Waals surface area contributed by atoms with Crippen LogP contribution in [0.2, 0.25) is 0 Å². The molecule has 1 saturated heterocycles. The van der Waals surface area contributed by atoms with Gasteiger partial charge < -0.3 is 23.7 Å². The Morgan fingerprint density at radius 3 is 2.31 bits per heavy atom. The summed E-state index contributed by atoms with van der Waals surface area (Å²) in [7, 11) is 2.74. The van der Waals surface area contributed by atoms with Gasteiger partial charge in [-0.05, 0) is 43.7 Å². The predicted molar refractivity (Wildman–Crippen MR) is 123 cm³/mol. The molecule has 0 aliphatic carbocycles. The van der Waals surface area contributed by atoms with Crippen LogP contribution in [0.1, 0.15) is 25.2 Å². The van der Waals surface area contributed by atoms with Crippen LogP contribution >= 0.6 is 0 Å². The fraction of sp³-hybridized carbons (Fsp3) is 0.400. The van der Waals surface area contributed by atoms with Crippen molar-refractivity contribution in [2.45, 2.75) is 38.8 Å². The zero-order chi connectivity index (χ0) is 25.5. The second-order valence-electron chi connectivity index (χ2n) is 8.59. The highest BCUT2D eigenvalue weighted by atomic mass is 19.4. The molecule has 0 radical (unpaired) electrons. The molecule has 2 atom stereocenters. The van der Waals surface area contributed by atoms with E-state index in [1.165, 1.54) is 44.6 Å². The first-order valence-corrected chi connectivity index (χ1v) is 11.0. The highest BCUT2D eigenvalue weighted by Gasteiger charge is 2.40. The number of morpholine rings is 1. The van der Waals surface area contributed by atoms with E-state index in [9.17, 15) is 23.1 Å². The van der Waals surface area contributed by atoms with Crippen LogP contribution in [0.5, 0.6) is 17.2 Å². The van der Waals surface area contributed by atoms with Crippen LogP contribution in [0.3, 0.4) is 0 Å². The number of benzene rings is 2. The van der Waals surface area contributed by atoms with Crippen molar-refractivity contribution in [3.63, 3.8) is 0 Å². The molecule has 7 nitrogen and oxygen atoms in total. The summed E-state index contributed by atoms with van der Waals surface area (Å²) in [5.41, 5.74) is -1.72. The van der Waals surface area contributed by atoms with Crippen LogP contribution in [-0.4, -0.2) is 49.5 Å². The Labute approximate surface area is 199 Å². The second kappa shape index (κ2) is 9.43. The van der Waals surface area contributed by atoms with Gasteiger partial charge in [-0.25, -0.2) is 0 Å². The van der Waals surface area contributed by atoms with Gasteiger partial charge in [0, 0.05) is 19.6 Å². The summed E-state index contributed by atoms with van der Waals surface area (Å²) >= 11 is 0. The number of alkyl halides is 3. The summed E-state index contributed by atoms with van der Waals surface area (Å²) in [6.07, 6.45) is -5.16. The number of ether oxygens (including phenoxy) is 3. The molecule has 1 N–H and O–H groups in total. The van der Waals surface area contributed by atoms with Crippen molar-refractivity contribution in [2.24, 2.45) is 0 Å². The first kappa shape index (κ1) is 24.9. The highest BCUT2D eigenvalue weighted by Crippen LogP contribution is 2.41. The van der Waals surface area contributed by atoms with E-state index in [4.69, 9.17) is 18.6 Å². The largest absolute Gasteiger partial charge is 0.507 e. The molecule has 35 heavy (non-hydrogen) atoms. The average Bonchev–Trinajstić information content (AvgIpc) is 2.79. The molecule has 4 rings (SSSR count). The number of fused-ring (bicyclic) bond motifs is 1.